The van der Waals surface area contributed by atoms with Crippen molar-refractivity contribution in [3.8, 4) is 11.8 Å². The lowest BCUT2D eigenvalue weighted by molar-refractivity contribution is -0.179. The van der Waals surface area contributed by atoms with Gasteiger partial charge in [-0.15, -0.1) is 0 Å². The Bertz CT molecular complexity index is 420. The number of thioether (sulfide) groups is 1. The van der Waals surface area contributed by atoms with Gasteiger partial charge in [0.1, 0.15) is 21.8 Å². The number of aliphatic hydroxyl groups is 4. The maximum absolute atomic E-state index is 9.62. The third-order valence-electron chi connectivity index (χ3n) is 1.95. The summed E-state index contributed by atoms with van der Waals surface area (Å²) in [5, 5.41) is 51.5. The van der Waals surface area contributed by atoms with Gasteiger partial charge in [0.25, 0.3) is 0 Å². The quantitative estimate of drug-likeness (QED) is 0.139. The van der Waals surface area contributed by atoms with Crippen LogP contribution in [-0.2, 0) is 0 Å². The van der Waals surface area contributed by atoms with E-state index < -0.39 is 28.4 Å². The van der Waals surface area contributed by atoms with Gasteiger partial charge >= 0.3 is 0 Å². The summed E-state index contributed by atoms with van der Waals surface area (Å²) in [5.74, 6) is -1.14. The van der Waals surface area contributed by atoms with Gasteiger partial charge in [-0.1, -0.05) is 0 Å². The molecule has 0 bridgehead atoms. The highest BCUT2D eigenvalue weighted by Gasteiger charge is 2.44. The van der Waals surface area contributed by atoms with Crippen molar-refractivity contribution in [1.82, 2.24) is 9.97 Å². The second-order valence-corrected chi connectivity index (χ2v) is 5.35. The van der Waals surface area contributed by atoms with Crippen molar-refractivity contribution in [3.05, 3.63) is 6.07 Å². The van der Waals surface area contributed by atoms with E-state index in [4.69, 9.17) is 10.2 Å². The molecule has 6 N–H and O–H groups in total. The minimum absolute atomic E-state index is 0.168. The number of hydrogen-bond acceptors (Lipinski definition) is 9. The molecular formula is C7H12B2N2O6S. The third kappa shape index (κ3) is 3.75. The smallest absolute Gasteiger partial charge is 0.249 e. The van der Waals surface area contributed by atoms with Crippen LogP contribution in [0, 0.1) is 0 Å². The van der Waals surface area contributed by atoms with Gasteiger partial charge in [-0.3, -0.25) is 0 Å². The molecule has 1 aromatic rings. The van der Waals surface area contributed by atoms with Gasteiger partial charge < -0.3 is 30.6 Å². The Morgan fingerprint density at radius 3 is 1.94 bits per heavy atom. The summed E-state index contributed by atoms with van der Waals surface area (Å²) in [7, 11) is 2.36. The fraction of sp³-hybridized carbons (Fsp3) is 0.429. The van der Waals surface area contributed by atoms with E-state index in [-0.39, 0.29) is 16.9 Å². The van der Waals surface area contributed by atoms with Crippen LogP contribution in [0.5, 0.6) is 11.8 Å². The Hall–Kier alpha value is -1.00. The van der Waals surface area contributed by atoms with E-state index in [1.807, 2.05) is 0 Å². The number of hydrogen-bond donors (Lipinski definition) is 6. The minimum Gasteiger partial charge on any atom is -0.493 e. The van der Waals surface area contributed by atoms with E-state index >= 15 is 0 Å². The molecule has 0 amide bonds. The average Bonchev–Trinajstić information content (AvgIpc) is 2.12. The number of aromatic hydroxyl groups is 2. The molecule has 11 heteroatoms. The zero-order chi connectivity index (χ0) is 14.1. The highest BCUT2D eigenvalue weighted by molar-refractivity contribution is 8.00. The van der Waals surface area contributed by atoms with E-state index in [0.717, 1.165) is 6.07 Å². The molecule has 0 aromatic carbocycles. The summed E-state index contributed by atoms with van der Waals surface area (Å²) in [4.78, 5) is 6.84. The maximum Gasteiger partial charge on any atom is 0.249 e. The molecular weight excluding hydrogens is 262 g/mol. The van der Waals surface area contributed by atoms with Crippen LogP contribution in [0.2, 0.25) is 0 Å². The molecule has 1 aromatic heterocycles. The van der Waals surface area contributed by atoms with Crippen molar-refractivity contribution in [2.45, 2.75) is 21.8 Å². The fourth-order valence-corrected chi connectivity index (χ4v) is 2.04. The average molecular weight is 274 g/mol. The van der Waals surface area contributed by atoms with Crippen molar-refractivity contribution in [3.63, 3.8) is 0 Å². The number of aliphatic hydroxyl groups excluding tert-OH is 1. The predicted octanol–water partition coefficient (Wildman–Crippen LogP) is -4.11. The molecule has 0 saturated carbocycles. The van der Waals surface area contributed by atoms with Crippen molar-refractivity contribution in [1.29, 1.82) is 0 Å². The summed E-state index contributed by atoms with van der Waals surface area (Å²) in [5.41, 5.74) is 0. The topological polar surface area (TPSA) is 147 Å². The van der Waals surface area contributed by atoms with E-state index in [0.29, 0.717) is 0 Å². The van der Waals surface area contributed by atoms with Crippen LogP contribution in [0.15, 0.2) is 11.2 Å². The van der Waals surface area contributed by atoms with Crippen molar-refractivity contribution in [2.75, 3.05) is 0 Å². The van der Waals surface area contributed by atoms with Gasteiger partial charge in [0.15, 0.2) is 5.16 Å². The number of rotatable bonds is 4. The minimum atomic E-state index is -2.79. The second-order valence-electron chi connectivity index (χ2n) is 4.18. The summed E-state index contributed by atoms with van der Waals surface area (Å²) < 4.78 is 0. The molecule has 0 saturated heterocycles. The largest absolute Gasteiger partial charge is 0.493 e. The lowest BCUT2D eigenvalue weighted by Gasteiger charge is -2.34. The summed E-state index contributed by atoms with van der Waals surface area (Å²) in [6.07, 6.45) is -1.93. The van der Waals surface area contributed by atoms with Gasteiger partial charge in [-0.2, -0.15) is 9.97 Å². The summed E-state index contributed by atoms with van der Waals surface area (Å²) in [6.45, 7) is 0. The second kappa shape index (κ2) is 4.94. The highest BCUT2D eigenvalue weighted by atomic mass is 32.2. The molecule has 0 radical (unpaired) electrons. The SMILES string of the molecule is BC(B)(O)C(O)C(O)(O)Sc1nc(O)cc(O)n1. The Labute approximate surface area is 108 Å². The maximum atomic E-state index is 9.62. The van der Waals surface area contributed by atoms with Crippen molar-refractivity contribution in [2.24, 2.45) is 0 Å². The monoisotopic (exact) mass is 274 g/mol. The Morgan fingerprint density at radius 2 is 1.56 bits per heavy atom. The first-order chi connectivity index (χ1) is 8.02. The molecule has 1 rings (SSSR count). The fourth-order valence-electron chi connectivity index (χ4n) is 1.10. The van der Waals surface area contributed by atoms with E-state index in [1.165, 1.54) is 15.7 Å². The first-order valence-electron chi connectivity index (χ1n) is 4.83. The Balaban J connectivity index is 2.95. The molecule has 8 nitrogen and oxygen atoms in total. The zero-order valence-electron chi connectivity index (χ0n) is 9.64. The first-order valence-corrected chi connectivity index (χ1v) is 5.65. The van der Waals surface area contributed by atoms with Crippen LogP contribution in [0.25, 0.3) is 0 Å². The molecule has 0 aliphatic heterocycles. The van der Waals surface area contributed by atoms with E-state index in [2.05, 4.69) is 9.97 Å². The highest BCUT2D eigenvalue weighted by Crippen LogP contribution is 2.33. The van der Waals surface area contributed by atoms with Gasteiger partial charge in [0, 0.05) is 5.40 Å². The normalized spacial score (nSPS) is 14.4. The predicted molar refractivity (Wildman–Crippen MR) is 66.4 cm³/mol. The zero-order valence-corrected chi connectivity index (χ0v) is 10.5. The van der Waals surface area contributed by atoms with Crippen LogP contribution in [0.3, 0.4) is 0 Å². The van der Waals surface area contributed by atoms with Crippen LogP contribution in [0.1, 0.15) is 0 Å². The van der Waals surface area contributed by atoms with Crippen LogP contribution < -0.4 is 0 Å². The molecule has 1 unspecified atom stereocenters. The van der Waals surface area contributed by atoms with Gasteiger partial charge in [-0.25, -0.2) is 0 Å². The van der Waals surface area contributed by atoms with Crippen LogP contribution in [0.4, 0.5) is 0 Å². The van der Waals surface area contributed by atoms with Crippen LogP contribution in [-0.4, -0.2) is 72.9 Å². The molecule has 0 spiro atoms. The molecule has 0 aliphatic carbocycles. The standard InChI is InChI=1S/C7H12B2N2O6S/c8-6(9,15)4(14)7(16,17)18-5-10-2(12)1-3(13)11-5/h1,4,14-17H,8-9H2,(H2,10,11,12,13). The Kier molecular flexibility index (Phi) is 4.13. The van der Waals surface area contributed by atoms with Gasteiger partial charge in [0.05, 0.1) is 6.07 Å². The van der Waals surface area contributed by atoms with Crippen molar-refractivity contribution < 1.29 is 30.6 Å². The molecule has 1 atom stereocenters. The molecule has 0 fully saturated rings. The first kappa shape index (κ1) is 15.1. The summed E-state index contributed by atoms with van der Waals surface area (Å²) >= 11 is 0.168. The third-order valence-corrected chi connectivity index (χ3v) is 2.83. The number of nitrogens with zero attached hydrogens (tertiary/aromatic N) is 2. The van der Waals surface area contributed by atoms with Gasteiger partial charge in [-0.05, 0) is 11.8 Å². The lowest BCUT2D eigenvalue weighted by Crippen LogP contribution is -2.56. The van der Waals surface area contributed by atoms with Crippen molar-refractivity contribution >= 4 is 27.5 Å². The Morgan fingerprint density at radius 1 is 1.11 bits per heavy atom. The molecule has 18 heavy (non-hydrogen) atoms. The summed E-state index contributed by atoms with van der Waals surface area (Å²) in [6, 6.07) is 0.854. The number of aromatic nitrogens is 2. The molecule has 1 heterocycles. The van der Waals surface area contributed by atoms with E-state index in [9.17, 15) is 20.4 Å². The van der Waals surface area contributed by atoms with E-state index in [1.54, 1.807) is 0 Å². The molecule has 98 valence electrons. The lowest BCUT2D eigenvalue weighted by atomic mass is 9.62. The molecule has 0 aliphatic rings. The van der Waals surface area contributed by atoms with Gasteiger partial charge in [0.2, 0.25) is 16.9 Å². The van der Waals surface area contributed by atoms with Crippen LogP contribution >= 0.6 is 11.8 Å².